The van der Waals surface area contributed by atoms with E-state index >= 15 is 0 Å². The van der Waals surface area contributed by atoms with Crippen LogP contribution in [0.5, 0.6) is 0 Å². The topological polar surface area (TPSA) is 59.2 Å². The van der Waals surface area contributed by atoms with Crippen LogP contribution in [-0.4, -0.2) is 35.9 Å². The number of nitrogens with two attached hydrogens (primary N) is 1. The molecule has 0 spiro atoms. The zero-order chi connectivity index (χ0) is 11.3. The molecule has 0 radical (unpaired) electrons. The van der Waals surface area contributed by atoms with Gasteiger partial charge >= 0.3 is 0 Å². The van der Waals surface area contributed by atoms with E-state index in [-0.39, 0.29) is 5.91 Å². The van der Waals surface area contributed by atoms with Crippen molar-refractivity contribution in [2.75, 3.05) is 20.1 Å². The minimum atomic E-state index is -0.000324. The van der Waals surface area contributed by atoms with Gasteiger partial charge in [0.25, 0.3) is 5.91 Å². The van der Waals surface area contributed by atoms with Crippen LogP contribution in [0.25, 0.3) is 0 Å². The molecule has 1 aromatic heterocycles. The minimum Gasteiger partial charge on any atom is -0.342 e. The Labute approximate surface area is 90.1 Å². The van der Waals surface area contributed by atoms with Crippen molar-refractivity contribution in [3.63, 3.8) is 0 Å². The molecule has 82 valence electrons. The highest BCUT2D eigenvalue weighted by molar-refractivity contribution is 5.93. The maximum Gasteiger partial charge on any atom is 0.255 e. The molecule has 0 aliphatic heterocycles. The number of amides is 1. The Morgan fingerprint density at radius 2 is 2.27 bits per heavy atom. The molecule has 0 aliphatic rings. The Morgan fingerprint density at radius 1 is 1.53 bits per heavy atom. The zero-order valence-electron chi connectivity index (χ0n) is 9.23. The summed E-state index contributed by atoms with van der Waals surface area (Å²) in [6.45, 7) is 3.20. The van der Waals surface area contributed by atoms with Crippen LogP contribution < -0.4 is 5.73 Å². The van der Waals surface area contributed by atoms with Crippen LogP contribution in [0, 0.1) is 6.92 Å². The standard InChI is InChI=1S/C11H17N3O/c1-9-6-10(8-13-7-9)11(15)14(2)5-3-4-12/h6-8H,3-5,12H2,1-2H3. The summed E-state index contributed by atoms with van der Waals surface area (Å²) >= 11 is 0. The Balaban J connectivity index is 2.67. The van der Waals surface area contributed by atoms with Gasteiger partial charge in [0.1, 0.15) is 0 Å². The summed E-state index contributed by atoms with van der Waals surface area (Å²) in [6, 6.07) is 1.84. The first kappa shape index (κ1) is 11.7. The van der Waals surface area contributed by atoms with Gasteiger partial charge in [-0.1, -0.05) is 0 Å². The lowest BCUT2D eigenvalue weighted by Gasteiger charge is -2.16. The van der Waals surface area contributed by atoms with Gasteiger partial charge in [0, 0.05) is 26.0 Å². The molecule has 4 heteroatoms. The van der Waals surface area contributed by atoms with Crippen LogP contribution in [0.2, 0.25) is 0 Å². The van der Waals surface area contributed by atoms with Crippen molar-refractivity contribution in [3.05, 3.63) is 29.6 Å². The van der Waals surface area contributed by atoms with E-state index in [0.29, 0.717) is 18.7 Å². The van der Waals surface area contributed by atoms with Gasteiger partial charge in [-0.2, -0.15) is 0 Å². The predicted octanol–water partition coefficient (Wildman–Crippen LogP) is 0.811. The van der Waals surface area contributed by atoms with Crippen LogP contribution in [0.4, 0.5) is 0 Å². The van der Waals surface area contributed by atoms with Gasteiger partial charge in [-0.25, -0.2) is 0 Å². The van der Waals surface area contributed by atoms with Crippen molar-refractivity contribution < 1.29 is 4.79 Å². The molecule has 0 aromatic carbocycles. The molecule has 15 heavy (non-hydrogen) atoms. The molecule has 0 saturated heterocycles. The average Bonchev–Trinajstić information content (AvgIpc) is 2.24. The minimum absolute atomic E-state index is 0.000324. The summed E-state index contributed by atoms with van der Waals surface area (Å²) < 4.78 is 0. The van der Waals surface area contributed by atoms with Gasteiger partial charge in [-0.3, -0.25) is 9.78 Å². The molecular formula is C11H17N3O. The van der Waals surface area contributed by atoms with Crippen LogP contribution in [0.15, 0.2) is 18.5 Å². The lowest BCUT2D eigenvalue weighted by Crippen LogP contribution is -2.29. The largest absolute Gasteiger partial charge is 0.342 e. The first-order chi connectivity index (χ1) is 7.15. The van der Waals surface area contributed by atoms with Crippen LogP contribution >= 0.6 is 0 Å². The molecule has 1 heterocycles. The molecule has 0 aliphatic carbocycles. The van der Waals surface area contributed by atoms with Crippen molar-refractivity contribution in [2.24, 2.45) is 5.73 Å². The van der Waals surface area contributed by atoms with E-state index in [4.69, 9.17) is 5.73 Å². The van der Waals surface area contributed by atoms with E-state index in [2.05, 4.69) is 4.98 Å². The average molecular weight is 207 g/mol. The molecule has 0 fully saturated rings. The van der Waals surface area contributed by atoms with Gasteiger partial charge in [0.05, 0.1) is 5.56 Å². The summed E-state index contributed by atoms with van der Waals surface area (Å²) in [7, 11) is 1.78. The van der Waals surface area contributed by atoms with Crippen molar-refractivity contribution in [1.29, 1.82) is 0 Å². The fraction of sp³-hybridized carbons (Fsp3) is 0.455. The van der Waals surface area contributed by atoms with Crippen molar-refractivity contribution in [3.8, 4) is 0 Å². The predicted molar refractivity (Wildman–Crippen MR) is 59.6 cm³/mol. The van der Waals surface area contributed by atoms with E-state index in [9.17, 15) is 4.79 Å². The molecule has 4 nitrogen and oxygen atoms in total. The number of aromatic nitrogens is 1. The fourth-order valence-electron chi connectivity index (χ4n) is 1.32. The highest BCUT2D eigenvalue weighted by Gasteiger charge is 2.10. The number of carbonyl (C=O) groups excluding carboxylic acids is 1. The smallest absolute Gasteiger partial charge is 0.255 e. The molecule has 0 unspecified atom stereocenters. The van der Waals surface area contributed by atoms with Crippen molar-refractivity contribution in [1.82, 2.24) is 9.88 Å². The number of rotatable bonds is 4. The molecule has 0 saturated carbocycles. The quantitative estimate of drug-likeness (QED) is 0.794. The van der Waals surface area contributed by atoms with E-state index < -0.39 is 0 Å². The highest BCUT2D eigenvalue weighted by atomic mass is 16.2. The number of aryl methyl sites for hydroxylation is 1. The number of nitrogens with zero attached hydrogens (tertiary/aromatic N) is 2. The lowest BCUT2D eigenvalue weighted by atomic mass is 10.2. The number of carbonyl (C=O) groups is 1. The van der Waals surface area contributed by atoms with Crippen molar-refractivity contribution >= 4 is 5.91 Å². The summed E-state index contributed by atoms with van der Waals surface area (Å²) in [5.74, 6) is -0.000324. The third kappa shape index (κ3) is 3.32. The van der Waals surface area contributed by atoms with E-state index in [1.165, 1.54) is 0 Å². The van der Waals surface area contributed by atoms with Gasteiger partial charge in [-0.15, -0.1) is 0 Å². The maximum atomic E-state index is 11.8. The first-order valence-corrected chi connectivity index (χ1v) is 5.02. The molecular weight excluding hydrogens is 190 g/mol. The number of pyridine rings is 1. The fourth-order valence-corrected chi connectivity index (χ4v) is 1.32. The summed E-state index contributed by atoms with van der Waals surface area (Å²) in [5.41, 5.74) is 7.02. The van der Waals surface area contributed by atoms with E-state index in [1.807, 2.05) is 13.0 Å². The molecule has 1 rings (SSSR count). The molecule has 2 N–H and O–H groups in total. The second-order valence-corrected chi connectivity index (χ2v) is 3.62. The Bertz CT molecular complexity index is 338. The second kappa shape index (κ2) is 5.46. The van der Waals surface area contributed by atoms with E-state index in [0.717, 1.165) is 12.0 Å². The number of hydrogen-bond donors (Lipinski definition) is 1. The lowest BCUT2D eigenvalue weighted by molar-refractivity contribution is 0.0794. The Hall–Kier alpha value is -1.42. The molecule has 0 bridgehead atoms. The van der Waals surface area contributed by atoms with Gasteiger partial charge in [-0.05, 0) is 31.5 Å². The number of hydrogen-bond acceptors (Lipinski definition) is 3. The highest BCUT2D eigenvalue weighted by Crippen LogP contribution is 2.04. The first-order valence-electron chi connectivity index (χ1n) is 5.02. The van der Waals surface area contributed by atoms with Crippen LogP contribution in [-0.2, 0) is 0 Å². The molecule has 1 amide bonds. The zero-order valence-corrected chi connectivity index (χ0v) is 9.23. The normalized spacial score (nSPS) is 10.1. The monoisotopic (exact) mass is 207 g/mol. The summed E-state index contributed by atoms with van der Waals surface area (Å²) in [6.07, 6.45) is 4.15. The van der Waals surface area contributed by atoms with Gasteiger partial charge in [0.2, 0.25) is 0 Å². The van der Waals surface area contributed by atoms with Crippen LogP contribution in [0.3, 0.4) is 0 Å². The Kier molecular flexibility index (Phi) is 4.24. The van der Waals surface area contributed by atoms with Crippen molar-refractivity contribution in [2.45, 2.75) is 13.3 Å². The summed E-state index contributed by atoms with van der Waals surface area (Å²) in [5, 5.41) is 0. The SMILES string of the molecule is Cc1cncc(C(=O)N(C)CCCN)c1. The second-order valence-electron chi connectivity index (χ2n) is 3.62. The summed E-state index contributed by atoms with van der Waals surface area (Å²) in [4.78, 5) is 17.5. The van der Waals surface area contributed by atoms with E-state index in [1.54, 1.807) is 24.3 Å². The maximum absolute atomic E-state index is 11.8. The third-order valence-corrected chi connectivity index (χ3v) is 2.17. The molecule has 1 aromatic rings. The Morgan fingerprint density at radius 3 is 2.87 bits per heavy atom. The third-order valence-electron chi connectivity index (χ3n) is 2.17. The van der Waals surface area contributed by atoms with Crippen LogP contribution in [0.1, 0.15) is 22.3 Å². The van der Waals surface area contributed by atoms with Gasteiger partial charge in [0.15, 0.2) is 0 Å². The van der Waals surface area contributed by atoms with Gasteiger partial charge < -0.3 is 10.6 Å². The molecule has 0 atom stereocenters.